The molecule has 1 aromatic rings. The van der Waals surface area contributed by atoms with Crippen LogP contribution in [-0.2, 0) is 11.2 Å². The summed E-state index contributed by atoms with van der Waals surface area (Å²) in [6.07, 6.45) is 4.27. The number of para-hydroxylation sites is 1. The van der Waals surface area contributed by atoms with Crippen molar-refractivity contribution in [2.75, 3.05) is 18.0 Å². The van der Waals surface area contributed by atoms with Gasteiger partial charge in [0, 0.05) is 12.2 Å². The summed E-state index contributed by atoms with van der Waals surface area (Å²) in [5, 5.41) is 3.29. The molecule has 1 aromatic carbocycles. The van der Waals surface area contributed by atoms with Crippen LogP contribution in [0.2, 0.25) is 0 Å². The van der Waals surface area contributed by atoms with E-state index in [2.05, 4.69) is 23.5 Å². The average Bonchev–Trinajstić information content (AvgIpc) is 2.91. The maximum atomic E-state index is 12.4. The van der Waals surface area contributed by atoms with Crippen LogP contribution in [0.3, 0.4) is 0 Å². The van der Waals surface area contributed by atoms with Crippen molar-refractivity contribution in [1.82, 2.24) is 5.32 Å². The van der Waals surface area contributed by atoms with Gasteiger partial charge in [-0.2, -0.15) is 0 Å². The summed E-state index contributed by atoms with van der Waals surface area (Å²) in [6, 6.07) is 8.33. The van der Waals surface area contributed by atoms with Crippen molar-refractivity contribution in [3.8, 4) is 0 Å². The van der Waals surface area contributed by atoms with Gasteiger partial charge in [0.2, 0.25) is 5.91 Å². The lowest BCUT2D eigenvalue weighted by molar-refractivity contribution is -0.120. The van der Waals surface area contributed by atoms with Crippen molar-refractivity contribution in [2.24, 2.45) is 0 Å². The highest BCUT2D eigenvalue weighted by Crippen LogP contribution is 2.27. The molecule has 0 aromatic heterocycles. The molecule has 3 nitrogen and oxygen atoms in total. The van der Waals surface area contributed by atoms with E-state index in [0.29, 0.717) is 0 Å². The van der Waals surface area contributed by atoms with Crippen LogP contribution in [0.4, 0.5) is 5.69 Å². The zero-order valence-electron chi connectivity index (χ0n) is 9.98. The summed E-state index contributed by atoms with van der Waals surface area (Å²) in [4.78, 5) is 14.4. The van der Waals surface area contributed by atoms with Crippen LogP contribution in [0.5, 0.6) is 0 Å². The number of hydrogen-bond donors (Lipinski definition) is 1. The van der Waals surface area contributed by atoms with Crippen LogP contribution in [0.25, 0.3) is 0 Å². The van der Waals surface area contributed by atoms with Crippen molar-refractivity contribution in [3.63, 3.8) is 0 Å². The molecular formula is C14H18N2O. The van der Waals surface area contributed by atoms with E-state index in [1.807, 2.05) is 11.0 Å². The van der Waals surface area contributed by atoms with E-state index in [9.17, 15) is 4.79 Å². The van der Waals surface area contributed by atoms with Gasteiger partial charge in [0.05, 0.1) is 6.04 Å². The van der Waals surface area contributed by atoms with Crippen LogP contribution in [-0.4, -0.2) is 25.0 Å². The molecule has 1 atom stereocenters. The fourth-order valence-electron chi connectivity index (χ4n) is 2.85. The lowest BCUT2D eigenvalue weighted by Crippen LogP contribution is -2.45. The smallest absolute Gasteiger partial charge is 0.244 e. The number of carbonyl (C=O) groups is 1. The summed E-state index contributed by atoms with van der Waals surface area (Å²) in [7, 11) is 0. The maximum Gasteiger partial charge on any atom is 0.244 e. The van der Waals surface area contributed by atoms with Crippen molar-refractivity contribution in [2.45, 2.75) is 31.7 Å². The second-order valence-electron chi connectivity index (χ2n) is 4.87. The summed E-state index contributed by atoms with van der Waals surface area (Å²) < 4.78 is 0. The third kappa shape index (κ3) is 1.95. The number of anilines is 1. The summed E-state index contributed by atoms with van der Waals surface area (Å²) in [5.41, 5.74) is 2.43. The van der Waals surface area contributed by atoms with Gasteiger partial charge in [-0.15, -0.1) is 0 Å². The SMILES string of the molecule is O=C([C@@H]1CCCN1)N1CCCc2ccccc21. The summed E-state index contributed by atoms with van der Waals surface area (Å²) in [6.45, 7) is 1.85. The van der Waals surface area contributed by atoms with Gasteiger partial charge >= 0.3 is 0 Å². The molecule has 0 bridgehead atoms. The van der Waals surface area contributed by atoms with Crippen LogP contribution < -0.4 is 10.2 Å². The minimum absolute atomic E-state index is 0.0427. The molecular weight excluding hydrogens is 212 g/mol. The Morgan fingerprint density at radius 3 is 3.00 bits per heavy atom. The molecule has 0 unspecified atom stereocenters. The predicted molar refractivity (Wildman–Crippen MR) is 68.1 cm³/mol. The Hall–Kier alpha value is -1.35. The quantitative estimate of drug-likeness (QED) is 0.796. The standard InChI is InChI=1S/C14H18N2O/c17-14(12-7-3-9-15-12)16-10-4-6-11-5-1-2-8-13(11)16/h1-2,5,8,12,15H,3-4,6-7,9-10H2/t12-/m0/s1. The van der Waals surface area contributed by atoms with Gasteiger partial charge in [0.1, 0.15) is 0 Å². The highest BCUT2D eigenvalue weighted by molar-refractivity contribution is 5.98. The molecule has 1 fully saturated rings. The normalized spacial score (nSPS) is 23.5. The molecule has 17 heavy (non-hydrogen) atoms. The Kier molecular flexibility index (Phi) is 2.85. The minimum Gasteiger partial charge on any atom is -0.311 e. The van der Waals surface area contributed by atoms with E-state index in [4.69, 9.17) is 0 Å². The van der Waals surface area contributed by atoms with E-state index in [0.717, 1.165) is 44.5 Å². The number of nitrogens with one attached hydrogen (secondary N) is 1. The van der Waals surface area contributed by atoms with E-state index in [1.54, 1.807) is 0 Å². The van der Waals surface area contributed by atoms with Crippen molar-refractivity contribution < 1.29 is 4.79 Å². The minimum atomic E-state index is 0.0427. The van der Waals surface area contributed by atoms with E-state index in [1.165, 1.54) is 5.56 Å². The Labute approximate surface area is 102 Å². The van der Waals surface area contributed by atoms with Crippen LogP contribution in [0.15, 0.2) is 24.3 Å². The number of carbonyl (C=O) groups excluding carboxylic acids is 1. The van der Waals surface area contributed by atoms with Gasteiger partial charge in [-0.1, -0.05) is 18.2 Å². The second kappa shape index (κ2) is 4.49. The Morgan fingerprint density at radius 2 is 2.18 bits per heavy atom. The molecule has 0 aliphatic carbocycles. The molecule has 1 saturated heterocycles. The molecule has 2 heterocycles. The highest BCUT2D eigenvalue weighted by atomic mass is 16.2. The number of aryl methyl sites for hydroxylation is 1. The monoisotopic (exact) mass is 230 g/mol. The van der Waals surface area contributed by atoms with Gasteiger partial charge < -0.3 is 10.2 Å². The average molecular weight is 230 g/mol. The molecule has 90 valence electrons. The first-order valence-electron chi connectivity index (χ1n) is 6.49. The van der Waals surface area contributed by atoms with Crippen LogP contribution >= 0.6 is 0 Å². The highest BCUT2D eigenvalue weighted by Gasteiger charge is 2.29. The molecule has 2 aliphatic heterocycles. The lowest BCUT2D eigenvalue weighted by atomic mass is 10.0. The number of benzene rings is 1. The van der Waals surface area contributed by atoms with Crippen LogP contribution in [0, 0.1) is 0 Å². The fraction of sp³-hybridized carbons (Fsp3) is 0.500. The van der Waals surface area contributed by atoms with E-state index < -0.39 is 0 Å². The molecule has 1 amide bonds. The Bertz CT molecular complexity index is 424. The molecule has 0 radical (unpaired) electrons. The number of amides is 1. The summed E-state index contributed by atoms with van der Waals surface area (Å²) >= 11 is 0. The van der Waals surface area contributed by atoms with Gasteiger partial charge in [0.15, 0.2) is 0 Å². The van der Waals surface area contributed by atoms with Crippen LogP contribution in [0.1, 0.15) is 24.8 Å². The van der Waals surface area contributed by atoms with Gasteiger partial charge in [0.25, 0.3) is 0 Å². The first-order chi connectivity index (χ1) is 8.36. The molecule has 1 N–H and O–H groups in total. The third-order valence-electron chi connectivity index (χ3n) is 3.73. The largest absolute Gasteiger partial charge is 0.311 e. The number of fused-ring (bicyclic) bond motifs is 1. The maximum absolute atomic E-state index is 12.4. The Balaban J connectivity index is 1.86. The summed E-state index contributed by atoms with van der Waals surface area (Å²) in [5.74, 6) is 0.259. The van der Waals surface area contributed by atoms with Gasteiger partial charge in [-0.05, 0) is 43.9 Å². The molecule has 0 spiro atoms. The van der Waals surface area contributed by atoms with Crippen molar-refractivity contribution in [1.29, 1.82) is 0 Å². The first kappa shape index (κ1) is 10.8. The number of nitrogens with zero attached hydrogens (tertiary/aromatic N) is 1. The Morgan fingerprint density at radius 1 is 1.29 bits per heavy atom. The number of rotatable bonds is 1. The molecule has 3 rings (SSSR count). The lowest BCUT2D eigenvalue weighted by Gasteiger charge is -2.31. The van der Waals surface area contributed by atoms with E-state index in [-0.39, 0.29) is 11.9 Å². The number of hydrogen-bond acceptors (Lipinski definition) is 2. The predicted octanol–water partition coefficient (Wildman–Crippen LogP) is 1.72. The fourth-order valence-corrected chi connectivity index (χ4v) is 2.85. The van der Waals surface area contributed by atoms with E-state index >= 15 is 0 Å². The molecule has 0 saturated carbocycles. The zero-order valence-corrected chi connectivity index (χ0v) is 9.98. The third-order valence-corrected chi connectivity index (χ3v) is 3.73. The second-order valence-corrected chi connectivity index (χ2v) is 4.87. The van der Waals surface area contributed by atoms with Crippen molar-refractivity contribution >= 4 is 11.6 Å². The first-order valence-corrected chi connectivity index (χ1v) is 6.49. The topological polar surface area (TPSA) is 32.3 Å². The zero-order chi connectivity index (χ0) is 11.7. The molecule has 2 aliphatic rings. The van der Waals surface area contributed by atoms with Crippen molar-refractivity contribution in [3.05, 3.63) is 29.8 Å². The van der Waals surface area contributed by atoms with Gasteiger partial charge in [-0.3, -0.25) is 4.79 Å². The van der Waals surface area contributed by atoms with Gasteiger partial charge in [-0.25, -0.2) is 0 Å². The molecule has 3 heteroatoms.